The van der Waals surface area contributed by atoms with Crippen LogP contribution in [0.1, 0.15) is 37.7 Å². The molecule has 6 rings (SSSR count). The molecule has 1 amide bonds. The van der Waals surface area contributed by atoms with Crippen LogP contribution in [0.4, 0.5) is 23.5 Å². The summed E-state index contributed by atoms with van der Waals surface area (Å²) in [5.41, 5.74) is 8.17. The number of alkyl halides is 3. The second-order valence-electron chi connectivity index (χ2n) is 12.2. The molecule has 254 valence electrons. The van der Waals surface area contributed by atoms with Crippen molar-refractivity contribution in [2.45, 2.75) is 62.9 Å². The number of unbranched alkanes of at least 4 members (excludes halogenated alkanes) is 1. The van der Waals surface area contributed by atoms with Crippen LogP contribution in [0.25, 0.3) is 16.7 Å². The highest BCUT2D eigenvalue weighted by Crippen LogP contribution is 2.41. The van der Waals surface area contributed by atoms with Crippen molar-refractivity contribution in [3.63, 3.8) is 0 Å². The standard InChI is InChI=1S/C33H37F4N9O2/c1-48-32(15-5-4-6-22-9-11-23(34)12-10-22)19-29(28(18-25(32)30(38)47)46-21-39-42-43-46)44-16-13-24(14-17-44)40-31-41-26-7-2-3-8-27(26)45(31)20-33(35,36)37/h2-3,7-12,18-19,21,24-25H,4-6,13-17,20H2,1H3,(H2,38,47)(H,40,41). The van der Waals surface area contributed by atoms with Gasteiger partial charge in [-0.1, -0.05) is 24.3 Å². The number of rotatable bonds is 12. The van der Waals surface area contributed by atoms with Crippen LogP contribution in [-0.2, 0) is 22.5 Å². The molecule has 1 aliphatic heterocycles. The Kier molecular flexibility index (Phi) is 9.49. The average Bonchev–Trinajstić information content (AvgIpc) is 3.72. The summed E-state index contributed by atoms with van der Waals surface area (Å²) in [4.78, 5) is 19.5. The molecular weight excluding hydrogens is 630 g/mol. The van der Waals surface area contributed by atoms with Gasteiger partial charge in [-0.2, -0.15) is 17.9 Å². The van der Waals surface area contributed by atoms with E-state index in [2.05, 4.69) is 30.7 Å². The number of carbonyl (C=O) groups is 1. The molecule has 0 spiro atoms. The third-order valence-electron chi connectivity index (χ3n) is 9.13. The number of nitrogens with two attached hydrogens (primary N) is 1. The highest BCUT2D eigenvalue weighted by atomic mass is 19.4. The number of fused-ring (bicyclic) bond motifs is 1. The maximum absolute atomic E-state index is 13.5. The molecule has 2 aliphatic rings. The van der Waals surface area contributed by atoms with E-state index in [4.69, 9.17) is 10.5 Å². The smallest absolute Gasteiger partial charge is 0.373 e. The van der Waals surface area contributed by atoms with Gasteiger partial charge in [-0.3, -0.25) is 4.79 Å². The second kappa shape index (κ2) is 13.7. The SMILES string of the molecule is COC1(CCCCc2ccc(F)cc2)C=C(N2CCC(Nc3nc4ccccc4n3CC(F)(F)F)CC2)C(n2cnnn2)=CC1C(N)=O. The van der Waals surface area contributed by atoms with Crippen molar-refractivity contribution in [1.82, 2.24) is 34.7 Å². The third kappa shape index (κ3) is 7.20. The number of methoxy groups -OCH3 is 1. The van der Waals surface area contributed by atoms with Gasteiger partial charge >= 0.3 is 6.18 Å². The number of para-hydroxylation sites is 2. The van der Waals surface area contributed by atoms with E-state index in [1.165, 1.54) is 27.7 Å². The van der Waals surface area contributed by atoms with Gasteiger partial charge in [-0.15, -0.1) is 5.10 Å². The molecule has 2 atom stereocenters. The minimum atomic E-state index is -4.41. The summed E-state index contributed by atoms with van der Waals surface area (Å²) in [6.07, 6.45) is 4.65. The van der Waals surface area contributed by atoms with E-state index in [-0.39, 0.29) is 17.8 Å². The number of allylic oxidation sites excluding steroid dienone is 1. The summed E-state index contributed by atoms with van der Waals surface area (Å²) in [6, 6.07) is 13.0. The van der Waals surface area contributed by atoms with Crippen LogP contribution in [0.5, 0.6) is 0 Å². The summed E-state index contributed by atoms with van der Waals surface area (Å²) in [7, 11) is 1.56. The molecule has 2 aromatic carbocycles. The Labute approximate surface area is 274 Å². The van der Waals surface area contributed by atoms with Gasteiger partial charge in [-0.05, 0) is 90.9 Å². The Balaban J connectivity index is 1.21. The number of carbonyl (C=O) groups excluding carboxylic acids is 1. The number of hydrogen-bond donors (Lipinski definition) is 2. The number of nitrogens with zero attached hydrogens (tertiary/aromatic N) is 7. The summed E-state index contributed by atoms with van der Waals surface area (Å²) in [6.45, 7) is -0.0478. The average molecular weight is 668 g/mol. The third-order valence-corrected chi connectivity index (χ3v) is 9.13. The van der Waals surface area contributed by atoms with Gasteiger partial charge in [0.25, 0.3) is 0 Å². The van der Waals surface area contributed by atoms with Crippen LogP contribution < -0.4 is 11.1 Å². The van der Waals surface area contributed by atoms with Gasteiger partial charge in [0.05, 0.1) is 28.3 Å². The summed E-state index contributed by atoms with van der Waals surface area (Å²) >= 11 is 0. The Morgan fingerprint density at radius 1 is 1.08 bits per heavy atom. The number of primary amides is 1. The number of tetrazole rings is 1. The van der Waals surface area contributed by atoms with Gasteiger partial charge < -0.3 is 25.3 Å². The number of aromatic nitrogens is 6. The van der Waals surface area contributed by atoms with E-state index >= 15 is 0 Å². The Bertz CT molecular complexity index is 1780. The number of likely N-dealkylation sites (tertiary alicyclic amines) is 1. The molecular formula is C33H37F4N9O2. The van der Waals surface area contributed by atoms with Crippen LogP contribution in [0.2, 0.25) is 0 Å². The lowest BCUT2D eigenvalue weighted by molar-refractivity contribution is -0.139. The molecule has 3 heterocycles. The van der Waals surface area contributed by atoms with Gasteiger partial charge in [0, 0.05) is 26.2 Å². The molecule has 3 N–H and O–H groups in total. The fraction of sp³-hybridized carbons (Fsp3) is 0.424. The first-order valence-corrected chi connectivity index (χ1v) is 15.9. The zero-order valence-corrected chi connectivity index (χ0v) is 26.4. The first-order chi connectivity index (χ1) is 23.0. The molecule has 1 saturated heterocycles. The van der Waals surface area contributed by atoms with Crippen LogP contribution >= 0.6 is 0 Å². The van der Waals surface area contributed by atoms with E-state index < -0.39 is 30.1 Å². The molecule has 4 aromatic rings. The number of anilines is 1. The Morgan fingerprint density at radius 3 is 2.50 bits per heavy atom. The zero-order valence-electron chi connectivity index (χ0n) is 26.4. The maximum Gasteiger partial charge on any atom is 0.406 e. The highest BCUT2D eigenvalue weighted by Gasteiger charge is 2.44. The normalized spacial score (nSPS) is 20.5. The minimum absolute atomic E-state index is 0.133. The van der Waals surface area contributed by atoms with Crippen LogP contribution in [0.3, 0.4) is 0 Å². The van der Waals surface area contributed by atoms with Crippen molar-refractivity contribution < 1.29 is 27.1 Å². The number of imidazole rings is 1. The molecule has 0 radical (unpaired) electrons. The largest absolute Gasteiger partial charge is 0.406 e. The van der Waals surface area contributed by atoms with E-state index in [0.717, 1.165) is 24.1 Å². The maximum atomic E-state index is 13.5. The molecule has 0 bridgehead atoms. The molecule has 2 aromatic heterocycles. The molecule has 48 heavy (non-hydrogen) atoms. The lowest BCUT2D eigenvalue weighted by Crippen LogP contribution is -2.49. The Hall–Kier alpha value is -4.79. The molecule has 2 unspecified atom stereocenters. The molecule has 1 fully saturated rings. The predicted molar refractivity (Wildman–Crippen MR) is 171 cm³/mol. The number of hydrogen-bond acceptors (Lipinski definition) is 8. The number of aryl methyl sites for hydroxylation is 1. The van der Waals surface area contributed by atoms with Crippen molar-refractivity contribution in [3.05, 3.63) is 84.1 Å². The molecule has 11 nitrogen and oxygen atoms in total. The predicted octanol–water partition coefficient (Wildman–Crippen LogP) is 4.94. The van der Waals surface area contributed by atoms with Crippen LogP contribution in [-0.4, -0.2) is 78.6 Å². The Morgan fingerprint density at radius 2 is 1.83 bits per heavy atom. The second-order valence-corrected chi connectivity index (χ2v) is 12.2. The number of nitrogens with one attached hydrogen (secondary N) is 1. The van der Waals surface area contributed by atoms with Crippen molar-refractivity contribution in [3.8, 4) is 0 Å². The van der Waals surface area contributed by atoms with Crippen molar-refractivity contribution in [1.29, 1.82) is 0 Å². The first-order valence-electron chi connectivity index (χ1n) is 15.9. The highest BCUT2D eigenvalue weighted by molar-refractivity contribution is 5.85. The number of halogens is 4. The van der Waals surface area contributed by atoms with Gasteiger partial charge in [0.2, 0.25) is 11.9 Å². The van der Waals surface area contributed by atoms with Gasteiger partial charge in [0.1, 0.15) is 24.3 Å². The lowest BCUT2D eigenvalue weighted by Gasteiger charge is -2.43. The van der Waals surface area contributed by atoms with Gasteiger partial charge in [0.15, 0.2) is 0 Å². The van der Waals surface area contributed by atoms with Crippen LogP contribution in [0, 0.1) is 11.7 Å². The fourth-order valence-electron chi connectivity index (χ4n) is 6.69. The minimum Gasteiger partial charge on any atom is -0.373 e. The van der Waals surface area contributed by atoms with Gasteiger partial charge in [-0.25, -0.2) is 9.37 Å². The van der Waals surface area contributed by atoms with Crippen molar-refractivity contribution in [2.75, 3.05) is 25.5 Å². The molecule has 0 saturated carbocycles. The quantitative estimate of drug-likeness (QED) is 0.161. The topological polar surface area (TPSA) is 129 Å². The first kappa shape index (κ1) is 33.1. The fourth-order valence-corrected chi connectivity index (χ4v) is 6.69. The number of ether oxygens (including phenoxy) is 1. The molecule has 15 heteroatoms. The van der Waals surface area contributed by atoms with E-state index in [9.17, 15) is 22.4 Å². The summed E-state index contributed by atoms with van der Waals surface area (Å²) in [5, 5.41) is 14.9. The number of amides is 1. The number of piperidine rings is 1. The van der Waals surface area contributed by atoms with Crippen molar-refractivity contribution in [2.24, 2.45) is 11.7 Å². The lowest BCUT2D eigenvalue weighted by atomic mass is 9.77. The summed E-state index contributed by atoms with van der Waals surface area (Å²) in [5.74, 6) is -1.47. The molecule has 1 aliphatic carbocycles. The van der Waals surface area contributed by atoms with E-state index in [1.807, 2.05) is 6.08 Å². The van der Waals surface area contributed by atoms with Crippen LogP contribution in [0.15, 0.2) is 72.7 Å². The monoisotopic (exact) mass is 667 g/mol. The number of benzene rings is 2. The van der Waals surface area contributed by atoms with E-state index in [1.54, 1.807) is 49.6 Å². The zero-order chi connectivity index (χ0) is 33.9. The van der Waals surface area contributed by atoms with E-state index in [0.29, 0.717) is 55.5 Å². The van der Waals surface area contributed by atoms with Crippen molar-refractivity contribution >= 4 is 28.6 Å². The summed E-state index contributed by atoms with van der Waals surface area (Å²) < 4.78 is 62.7.